The summed E-state index contributed by atoms with van der Waals surface area (Å²) in [7, 11) is 3.24. The van der Waals surface area contributed by atoms with Gasteiger partial charge in [-0.15, -0.1) is 23.1 Å². The van der Waals surface area contributed by atoms with Crippen molar-refractivity contribution in [2.45, 2.75) is 16.6 Å². The first-order valence-electron chi connectivity index (χ1n) is 8.41. The lowest BCUT2D eigenvalue weighted by atomic mass is 10.1. The maximum atomic E-state index is 12.6. The van der Waals surface area contributed by atoms with Gasteiger partial charge in [-0.1, -0.05) is 18.2 Å². The van der Waals surface area contributed by atoms with E-state index in [2.05, 4.69) is 22.4 Å². The highest BCUT2D eigenvalue weighted by molar-refractivity contribution is 8.01. The summed E-state index contributed by atoms with van der Waals surface area (Å²) >= 11 is 3.01. The number of anilines is 1. The third-order valence-electron chi connectivity index (χ3n) is 4.36. The first-order chi connectivity index (χ1) is 13.2. The number of hydrogen-bond acceptors (Lipinski definition) is 6. The summed E-state index contributed by atoms with van der Waals surface area (Å²) in [5.74, 6) is 1.42. The molecule has 0 fully saturated rings. The van der Waals surface area contributed by atoms with Gasteiger partial charge in [0.05, 0.1) is 25.2 Å². The minimum atomic E-state index is -0.124. The highest BCUT2D eigenvalue weighted by Crippen LogP contribution is 2.38. The highest BCUT2D eigenvalue weighted by Gasteiger charge is 2.28. The van der Waals surface area contributed by atoms with Crippen molar-refractivity contribution in [2.75, 3.05) is 19.5 Å². The Balaban J connectivity index is 1.50. The molecule has 1 aromatic heterocycles. The molecule has 27 heavy (non-hydrogen) atoms. The van der Waals surface area contributed by atoms with Gasteiger partial charge in [0.25, 0.3) is 0 Å². The second-order valence-electron chi connectivity index (χ2n) is 6.01. The molecule has 138 valence electrons. The number of methoxy groups -OCH3 is 2. The Morgan fingerprint density at radius 1 is 1.19 bits per heavy atom. The molecule has 1 unspecified atom stereocenters. The number of benzene rings is 2. The molecule has 0 saturated heterocycles. The van der Waals surface area contributed by atoms with Crippen LogP contribution in [0, 0.1) is 0 Å². The van der Waals surface area contributed by atoms with Gasteiger partial charge in [-0.2, -0.15) is 0 Å². The monoisotopic (exact) mass is 398 g/mol. The summed E-state index contributed by atoms with van der Waals surface area (Å²) in [5, 5.41) is 5.31. The predicted molar refractivity (Wildman–Crippen MR) is 109 cm³/mol. The third-order valence-corrected chi connectivity index (χ3v) is 6.43. The van der Waals surface area contributed by atoms with E-state index in [0.717, 1.165) is 23.4 Å². The van der Waals surface area contributed by atoms with Crippen molar-refractivity contribution in [1.29, 1.82) is 0 Å². The van der Waals surface area contributed by atoms with E-state index in [0.29, 0.717) is 10.9 Å². The van der Waals surface area contributed by atoms with E-state index < -0.39 is 0 Å². The number of carbonyl (C=O) groups excluding carboxylic acids is 1. The van der Waals surface area contributed by atoms with Gasteiger partial charge in [-0.3, -0.25) is 4.79 Å². The van der Waals surface area contributed by atoms with Gasteiger partial charge in [0, 0.05) is 15.8 Å². The molecule has 1 amide bonds. The van der Waals surface area contributed by atoms with Crippen LogP contribution in [0.2, 0.25) is 0 Å². The second-order valence-corrected chi connectivity index (χ2v) is 8.11. The lowest BCUT2D eigenvalue weighted by Crippen LogP contribution is -2.24. The molecule has 7 heteroatoms. The van der Waals surface area contributed by atoms with Gasteiger partial charge in [0.1, 0.15) is 11.5 Å². The highest BCUT2D eigenvalue weighted by atomic mass is 32.2. The number of ether oxygens (including phenoxy) is 2. The van der Waals surface area contributed by atoms with E-state index in [9.17, 15) is 4.79 Å². The Hall–Kier alpha value is -2.51. The van der Waals surface area contributed by atoms with Crippen molar-refractivity contribution in [3.8, 4) is 22.8 Å². The molecule has 4 rings (SSSR count). The molecule has 0 bridgehead atoms. The minimum absolute atomic E-state index is 0.0188. The van der Waals surface area contributed by atoms with Gasteiger partial charge < -0.3 is 14.8 Å². The SMILES string of the molecule is COc1ccc(OC)c(-c2csc(NC(=O)C3Cc4ccccc4S3)n2)c1. The summed E-state index contributed by atoms with van der Waals surface area (Å²) in [6.45, 7) is 0. The lowest BCUT2D eigenvalue weighted by Gasteiger charge is -2.09. The van der Waals surface area contributed by atoms with Crippen LogP contribution in [0.25, 0.3) is 11.3 Å². The van der Waals surface area contributed by atoms with E-state index >= 15 is 0 Å². The van der Waals surface area contributed by atoms with Crippen molar-refractivity contribution in [3.63, 3.8) is 0 Å². The minimum Gasteiger partial charge on any atom is -0.497 e. The normalized spacial score (nSPS) is 15.3. The number of aromatic nitrogens is 1. The van der Waals surface area contributed by atoms with Crippen molar-refractivity contribution in [1.82, 2.24) is 4.98 Å². The number of fused-ring (bicyclic) bond motifs is 1. The van der Waals surface area contributed by atoms with E-state index in [1.54, 1.807) is 26.0 Å². The van der Waals surface area contributed by atoms with Gasteiger partial charge in [0.2, 0.25) is 5.91 Å². The second kappa shape index (κ2) is 7.62. The van der Waals surface area contributed by atoms with Crippen molar-refractivity contribution in [2.24, 2.45) is 0 Å². The number of carbonyl (C=O) groups is 1. The van der Waals surface area contributed by atoms with E-state index in [4.69, 9.17) is 9.47 Å². The molecule has 1 aliphatic rings. The smallest absolute Gasteiger partial charge is 0.239 e. The Morgan fingerprint density at radius 3 is 2.81 bits per heavy atom. The molecule has 1 N–H and O–H groups in total. The van der Waals surface area contributed by atoms with Crippen LogP contribution in [-0.4, -0.2) is 30.4 Å². The summed E-state index contributed by atoms with van der Waals surface area (Å²) in [6.07, 6.45) is 0.745. The first-order valence-corrected chi connectivity index (χ1v) is 10.2. The Morgan fingerprint density at radius 2 is 2.04 bits per heavy atom. The van der Waals surface area contributed by atoms with Crippen LogP contribution in [0.1, 0.15) is 5.56 Å². The van der Waals surface area contributed by atoms with Crippen LogP contribution in [-0.2, 0) is 11.2 Å². The van der Waals surface area contributed by atoms with E-state index in [1.807, 2.05) is 35.7 Å². The third kappa shape index (κ3) is 3.65. The standard InChI is InChI=1S/C20H18N2O3S2/c1-24-13-7-8-16(25-2)14(10-13)15-11-26-20(21-15)22-19(23)18-9-12-5-3-4-6-17(12)27-18/h3-8,10-11,18H,9H2,1-2H3,(H,21,22,23). The number of thioether (sulfide) groups is 1. The molecule has 0 radical (unpaired) electrons. The largest absolute Gasteiger partial charge is 0.497 e. The van der Waals surface area contributed by atoms with Crippen LogP contribution in [0.15, 0.2) is 52.7 Å². The molecule has 5 nitrogen and oxygen atoms in total. The molecule has 0 aliphatic carbocycles. The topological polar surface area (TPSA) is 60.5 Å². The van der Waals surface area contributed by atoms with Crippen LogP contribution >= 0.6 is 23.1 Å². The fourth-order valence-corrected chi connectivity index (χ4v) is 4.89. The molecule has 1 atom stereocenters. The van der Waals surface area contributed by atoms with Crippen molar-refractivity contribution < 1.29 is 14.3 Å². The van der Waals surface area contributed by atoms with Gasteiger partial charge in [0.15, 0.2) is 5.13 Å². The molecule has 0 spiro atoms. The predicted octanol–water partition coefficient (Wildman–Crippen LogP) is 4.48. The maximum Gasteiger partial charge on any atom is 0.239 e. The van der Waals surface area contributed by atoms with Crippen LogP contribution < -0.4 is 14.8 Å². The quantitative estimate of drug-likeness (QED) is 0.686. The lowest BCUT2D eigenvalue weighted by molar-refractivity contribution is -0.115. The van der Waals surface area contributed by atoms with Gasteiger partial charge in [-0.25, -0.2) is 4.98 Å². The van der Waals surface area contributed by atoms with Crippen LogP contribution in [0.4, 0.5) is 5.13 Å². The Bertz CT molecular complexity index is 962. The van der Waals surface area contributed by atoms with E-state index in [1.165, 1.54) is 21.8 Å². The molecule has 1 aliphatic heterocycles. The molecular formula is C20H18N2O3S2. The van der Waals surface area contributed by atoms with Gasteiger partial charge >= 0.3 is 0 Å². The van der Waals surface area contributed by atoms with Crippen molar-refractivity contribution in [3.05, 3.63) is 53.4 Å². The number of hydrogen-bond donors (Lipinski definition) is 1. The molecule has 2 heterocycles. The summed E-state index contributed by atoms with van der Waals surface area (Å²) in [4.78, 5) is 18.4. The Kier molecular flexibility index (Phi) is 5.05. The average Bonchev–Trinajstić information content (AvgIpc) is 3.34. The number of nitrogens with one attached hydrogen (secondary N) is 1. The number of nitrogens with zero attached hydrogens (tertiary/aromatic N) is 1. The summed E-state index contributed by atoms with van der Waals surface area (Å²) in [5.41, 5.74) is 2.80. The molecule has 2 aromatic carbocycles. The number of amides is 1. The molecule has 0 saturated carbocycles. The fraction of sp³-hybridized carbons (Fsp3) is 0.200. The van der Waals surface area contributed by atoms with Crippen molar-refractivity contribution >= 4 is 34.1 Å². The zero-order chi connectivity index (χ0) is 18.8. The van der Waals surface area contributed by atoms with Gasteiger partial charge in [-0.05, 0) is 36.2 Å². The molecule has 3 aromatic rings. The van der Waals surface area contributed by atoms with Crippen LogP contribution in [0.5, 0.6) is 11.5 Å². The molecular weight excluding hydrogens is 380 g/mol. The summed E-state index contributed by atoms with van der Waals surface area (Å²) in [6, 6.07) is 13.7. The fourth-order valence-electron chi connectivity index (χ4n) is 2.98. The zero-order valence-corrected chi connectivity index (χ0v) is 16.5. The zero-order valence-electron chi connectivity index (χ0n) is 14.9. The average molecular weight is 399 g/mol. The first kappa shape index (κ1) is 17.9. The Labute approximate surface area is 165 Å². The summed E-state index contributed by atoms with van der Waals surface area (Å²) < 4.78 is 10.7. The maximum absolute atomic E-state index is 12.6. The number of rotatable bonds is 5. The van der Waals surface area contributed by atoms with Crippen LogP contribution in [0.3, 0.4) is 0 Å². The van der Waals surface area contributed by atoms with E-state index in [-0.39, 0.29) is 11.2 Å². The number of thiazole rings is 1.